The van der Waals surface area contributed by atoms with Crippen LogP contribution < -0.4 is 10.1 Å². The van der Waals surface area contributed by atoms with Gasteiger partial charge in [0, 0.05) is 12.0 Å². The normalized spacial score (nSPS) is 19.9. The molecule has 5 nitrogen and oxygen atoms in total. The van der Waals surface area contributed by atoms with Crippen molar-refractivity contribution < 1.29 is 9.53 Å². The molecule has 5 heteroatoms. The number of methoxy groups -OCH3 is 1. The zero-order chi connectivity index (χ0) is 17.5. The summed E-state index contributed by atoms with van der Waals surface area (Å²) >= 11 is 0. The molecule has 1 saturated carbocycles. The molecule has 0 saturated heterocycles. The van der Waals surface area contributed by atoms with E-state index in [1.165, 1.54) is 0 Å². The largest absolute Gasteiger partial charge is 0.496 e. The minimum absolute atomic E-state index is 0.00933. The highest BCUT2D eigenvalue weighted by atomic mass is 16.5. The molecule has 128 valence electrons. The molecule has 1 N–H and O–H groups in total. The van der Waals surface area contributed by atoms with Gasteiger partial charge in [-0.1, -0.05) is 18.2 Å². The van der Waals surface area contributed by atoms with E-state index in [0.717, 1.165) is 29.2 Å². The van der Waals surface area contributed by atoms with Crippen molar-refractivity contribution in [1.29, 1.82) is 0 Å². The van der Waals surface area contributed by atoms with Gasteiger partial charge in [-0.25, -0.2) is 4.68 Å². The summed E-state index contributed by atoms with van der Waals surface area (Å²) in [5.74, 6) is 1.89. The smallest absolute Gasteiger partial charge is 0.229 e. The van der Waals surface area contributed by atoms with E-state index >= 15 is 0 Å². The molecular formula is C19H25N3O2. The fourth-order valence-electron chi connectivity index (χ4n) is 3.12. The van der Waals surface area contributed by atoms with E-state index in [-0.39, 0.29) is 23.3 Å². The quantitative estimate of drug-likeness (QED) is 0.931. The van der Waals surface area contributed by atoms with Crippen LogP contribution in [0.15, 0.2) is 30.3 Å². The zero-order valence-corrected chi connectivity index (χ0v) is 15.0. The lowest BCUT2D eigenvalue weighted by Crippen LogP contribution is -2.27. The Morgan fingerprint density at radius 1 is 1.33 bits per heavy atom. The first-order valence-corrected chi connectivity index (χ1v) is 8.32. The molecule has 0 radical (unpaired) electrons. The lowest BCUT2D eigenvalue weighted by molar-refractivity contribution is -0.117. The summed E-state index contributed by atoms with van der Waals surface area (Å²) in [6.45, 7) is 8.16. The van der Waals surface area contributed by atoms with Gasteiger partial charge in [0.2, 0.25) is 5.91 Å². The van der Waals surface area contributed by atoms with Gasteiger partial charge in [0.25, 0.3) is 0 Å². The van der Waals surface area contributed by atoms with Crippen LogP contribution in [0.3, 0.4) is 0 Å². The van der Waals surface area contributed by atoms with Gasteiger partial charge in [0.05, 0.1) is 18.3 Å². The topological polar surface area (TPSA) is 56.1 Å². The second-order valence-corrected chi connectivity index (χ2v) is 7.43. The summed E-state index contributed by atoms with van der Waals surface area (Å²) < 4.78 is 7.29. The lowest BCUT2D eigenvalue weighted by atomic mass is 10.1. The second kappa shape index (κ2) is 5.96. The molecule has 0 aliphatic heterocycles. The van der Waals surface area contributed by atoms with Gasteiger partial charge in [0.1, 0.15) is 11.6 Å². The Morgan fingerprint density at radius 2 is 2.04 bits per heavy atom. The number of carbonyl (C=O) groups excluding carboxylic acids is 1. The number of hydrogen-bond donors (Lipinski definition) is 1. The molecule has 2 aromatic rings. The Hall–Kier alpha value is -2.30. The summed E-state index contributed by atoms with van der Waals surface area (Å²) in [5, 5.41) is 7.56. The van der Waals surface area contributed by atoms with Crippen molar-refractivity contribution >= 4 is 11.7 Å². The highest BCUT2D eigenvalue weighted by Crippen LogP contribution is 2.50. The molecule has 1 amide bonds. The van der Waals surface area contributed by atoms with E-state index in [9.17, 15) is 4.79 Å². The van der Waals surface area contributed by atoms with Crippen LogP contribution in [0.5, 0.6) is 5.75 Å². The minimum Gasteiger partial charge on any atom is -0.496 e. The summed E-state index contributed by atoms with van der Waals surface area (Å²) in [7, 11) is 1.67. The van der Waals surface area contributed by atoms with Crippen molar-refractivity contribution in [3.8, 4) is 5.75 Å². The van der Waals surface area contributed by atoms with Crippen LogP contribution in [-0.4, -0.2) is 22.8 Å². The number of benzene rings is 1. The van der Waals surface area contributed by atoms with E-state index in [0.29, 0.717) is 0 Å². The van der Waals surface area contributed by atoms with Gasteiger partial charge in [-0.05, 0) is 51.7 Å². The number of aryl methyl sites for hydroxylation is 1. The third-order valence-corrected chi connectivity index (χ3v) is 4.38. The Morgan fingerprint density at radius 3 is 2.71 bits per heavy atom. The van der Waals surface area contributed by atoms with Crippen LogP contribution in [0, 0.1) is 12.8 Å². The number of amides is 1. The van der Waals surface area contributed by atoms with Gasteiger partial charge in [-0.15, -0.1) is 0 Å². The Balaban J connectivity index is 1.74. The molecule has 1 aromatic heterocycles. The first-order chi connectivity index (χ1) is 11.3. The average molecular weight is 327 g/mol. The molecule has 2 atom stereocenters. The van der Waals surface area contributed by atoms with Gasteiger partial charge < -0.3 is 10.1 Å². The van der Waals surface area contributed by atoms with E-state index in [4.69, 9.17) is 4.74 Å². The van der Waals surface area contributed by atoms with Crippen LogP contribution in [0.2, 0.25) is 0 Å². The number of nitrogens with one attached hydrogen (secondary N) is 1. The van der Waals surface area contributed by atoms with Crippen LogP contribution in [0.25, 0.3) is 0 Å². The van der Waals surface area contributed by atoms with E-state index in [1.54, 1.807) is 7.11 Å². The maximum atomic E-state index is 12.7. The van der Waals surface area contributed by atoms with Crippen molar-refractivity contribution in [1.82, 2.24) is 9.78 Å². The van der Waals surface area contributed by atoms with E-state index in [1.807, 2.05) is 41.9 Å². The number of anilines is 1. The van der Waals surface area contributed by atoms with Crippen LogP contribution in [-0.2, 0) is 10.3 Å². The van der Waals surface area contributed by atoms with Crippen LogP contribution >= 0.6 is 0 Å². The predicted octanol–water partition coefficient (Wildman–Crippen LogP) is 3.70. The van der Waals surface area contributed by atoms with Gasteiger partial charge in [-0.3, -0.25) is 4.79 Å². The van der Waals surface area contributed by atoms with Gasteiger partial charge >= 0.3 is 0 Å². The van der Waals surface area contributed by atoms with Crippen molar-refractivity contribution in [3.63, 3.8) is 0 Å². The predicted molar refractivity (Wildman–Crippen MR) is 94.4 cm³/mol. The number of rotatable bonds is 4. The SMILES string of the molecule is COc1ccccc1[C@@H]1C[C@@H]1C(=O)Nc1cc(C)nn1C(C)(C)C. The van der Waals surface area contributed by atoms with E-state index < -0.39 is 0 Å². The third-order valence-electron chi connectivity index (χ3n) is 4.38. The van der Waals surface area contributed by atoms with Crippen molar-refractivity contribution in [2.45, 2.75) is 45.6 Å². The number of para-hydroxylation sites is 1. The minimum atomic E-state index is -0.178. The number of carbonyl (C=O) groups is 1. The molecule has 0 bridgehead atoms. The fraction of sp³-hybridized carbons (Fsp3) is 0.474. The molecule has 1 aliphatic carbocycles. The second-order valence-electron chi connectivity index (χ2n) is 7.43. The monoisotopic (exact) mass is 327 g/mol. The Kier molecular flexibility index (Phi) is 4.11. The average Bonchev–Trinajstić information content (AvgIpc) is 3.23. The number of ether oxygens (including phenoxy) is 1. The summed E-state index contributed by atoms with van der Waals surface area (Å²) in [4.78, 5) is 12.7. The fourth-order valence-corrected chi connectivity index (χ4v) is 3.12. The summed E-state index contributed by atoms with van der Waals surface area (Å²) in [5.41, 5.74) is 1.83. The van der Waals surface area contributed by atoms with Crippen LogP contribution in [0.4, 0.5) is 5.82 Å². The molecular weight excluding hydrogens is 302 g/mol. The highest BCUT2D eigenvalue weighted by Gasteiger charge is 2.45. The van der Waals surface area contributed by atoms with Crippen molar-refractivity contribution in [2.24, 2.45) is 5.92 Å². The number of aromatic nitrogens is 2. The number of hydrogen-bond acceptors (Lipinski definition) is 3. The third kappa shape index (κ3) is 3.16. The first kappa shape index (κ1) is 16.6. The Labute approximate surface area is 143 Å². The van der Waals surface area contributed by atoms with Gasteiger partial charge in [0.15, 0.2) is 0 Å². The van der Waals surface area contributed by atoms with Crippen molar-refractivity contribution in [2.75, 3.05) is 12.4 Å². The highest BCUT2D eigenvalue weighted by molar-refractivity contribution is 5.94. The number of nitrogens with zero attached hydrogens (tertiary/aromatic N) is 2. The van der Waals surface area contributed by atoms with E-state index in [2.05, 4.69) is 31.2 Å². The Bertz CT molecular complexity index is 758. The molecule has 0 spiro atoms. The standard InChI is InChI=1S/C19H25N3O2/c1-12-10-17(22(21-12)19(2,3)4)20-18(23)15-11-14(15)13-8-6-7-9-16(13)24-5/h6-10,14-15H,11H2,1-5H3,(H,20,23)/t14-,15-/m0/s1. The molecule has 1 aromatic carbocycles. The molecule has 1 fully saturated rings. The summed E-state index contributed by atoms with van der Waals surface area (Å²) in [6, 6.07) is 9.85. The van der Waals surface area contributed by atoms with Gasteiger partial charge in [-0.2, -0.15) is 5.10 Å². The molecule has 3 rings (SSSR count). The maximum Gasteiger partial charge on any atom is 0.229 e. The maximum absolute atomic E-state index is 12.7. The lowest BCUT2D eigenvalue weighted by Gasteiger charge is -2.22. The first-order valence-electron chi connectivity index (χ1n) is 8.32. The molecule has 0 unspecified atom stereocenters. The van der Waals surface area contributed by atoms with Crippen LogP contribution in [0.1, 0.15) is 44.4 Å². The molecule has 1 heterocycles. The molecule has 24 heavy (non-hydrogen) atoms. The summed E-state index contributed by atoms with van der Waals surface area (Å²) in [6.07, 6.45) is 0.856. The zero-order valence-electron chi connectivity index (χ0n) is 15.0. The molecule has 1 aliphatic rings. The van der Waals surface area contributed by atoms with Crippen molar-refractivity contribution in [3.05, 3.63) is 41.6 Å².